The summed E-state index contributed by atoms with van der Waals surface area (Å²) in [5.74, 6) is -0.131. The Hall–Kier alpha value is -2.60. The summed E-state index contributed by atoms with van der Waals surface area (Å²) in [5.41, 5.74) is 2.47. The van der Waals surface area contributed by atoms with Crippen molar-refractivity contribution in [3.63, 3.8) is 0 Å². The summed E-state index contributed by atoms with van der Waals surface area (Å²) in [6.45, 7) is 3.76. The Morgan fingerprint density at radius 2 is 2.09 bits per heavy atom. The maximum atomic E-state index is 12.5. The zero-order valence-electron chi connectivity index (χ0n) is 12.9. The van der Waals surface area contributed by atoms with Gasteiger partial charge in [0.05, 0.1) is 17.4 Å². The molecule has 0 aromatic carbocycles. The first-order chi connectivity index (χ1) is 11.1. The van der Waals surface area contributed by atoms with E-state index >= 15 is 0 Å². The zero-order valence-corrected chi connectivity index (χ0v) is 13.7. The summed E-state index contributed by atoms with van der Waals surface area (Å²) >= 11 is 1.37. The third-order valence-electron chi connectivity index (χ3n) is 3.39. The van der Waals surface area contributed by atoms with E-state index in [1.54, 1.807) is 18.6 Å². The molecule has 3 heterocycles. The van der Waals surface area contributed by atoms with Crippen molar-refractivity contribution in [2.75, 3.05) is 0 Å². The number of hydrogen-bond acceptors (Lipinski definition) is 5. The fourth-order valence-corrected chi connectivity index (χ4v) is 3.15. The summed E-state index contributed by atoms with van der Waals surface area (Å²) < 4.78 is 0. The average Bonchev–Trinajstić information content (AvgIpc) is 2.98. The molecule has 0 radical (unpaired) electrons. The van der Waals surface area contributed by atoms with Gasteiger partial charge in [-0.2, -0.15) is 0 Å². The van der Waals surface area contributed by atoms with Crippen LogP contribution in [0.15, 0.2) is 48.9 Å². The number of amides is 1. The van der Waals surface area contributed by atoms with Gasteiger partial charge in [-0.25, -0.2) is 4.98 Å². The number of carbonyl (C=O) groups is 1. The quantitative estimate of drug-likeness (QED) is 0.798. The van der Waals surface area contributed by atoms with Gasteiger partial charge in [-0.05, 0) is 38.1 Å². The molecule has 116 valence electrons. The van der Waals surface area contributed by atoms with Crippen LogP contribution in [0, 0.1) is 6.92 Å². The maximum absolute atomic E-state index is 12.5. The van der Waals surface area contributed by atoms with Crippen molar-refractivity contribution in [3.05, 3.63) is 65.2 Å². The topological polar surface area (TPSA) is 67.8 Å². The lowest BCUT2D eigenvalue weighted by Crippen LogP contribution is -2.27. The lowest BCUT2D eigenvalue weighted by molar-refractivity contribution is 0.0942. The monoisotopic (exact) mass is 324 g/mol. The van der Waals surface area contributed by atoms with Crippen LogP contribution in [0.1, 0.15) is 34.0 Å². The summed E-state index contributed by atoms with van der Waals surface area (Å²) in [5, 5.41) is 3.77. The van der Waals surface area contributed by atoms with E-state index in [9.17, 15) is 4.79 Å². The Balaban J connectivity index is 1.79. The first-order valence-corrected chi connectivity index (χ1v) is 8.06. The number of aromatic nitrogens is 3. The highest BCUT2D eigenvalue weighted by Crippen LogP contribution is 2.27. The molecule has 3 aromatic rings. The van der Waals surface area contributed by atoms with Gasteiger partial charge in [0, 0.05) is 24.2 Å². The number of nitrogens with zero attached hydrogens (tertiary/aromatic N) is 3. The van der Waals surface area contributed by atoms with Gasteiger partial charge in [-0.3, -0.25) is 14.8 Å². The number of carbonyl (C=O) groups excluding carboxylic acids is 1. The van der Waals surface area contributed by atoms with Crippen molar-refractivity contribution in [2.45, 2.75) is 19.9 Å². The van der Waals surface area contributed by atoms with Gasteiger partial charge >= 0.3 is 0 Å². The number of nitrogens with one attached hydrogen (secondary N) is 1. The molecule has 1 atom stereocenters. The molecule has 0 saturated heterocycles. The zero-order chi connectivity index (χ0) is 16.2. The van der Waals surface area contributed by atoms with E-state index in [0.29, 0.717) is 4.88 Å². The number of hydrogen-bond donors (Lipinski definition) is 1. The van der Waals surface area contributed by atoms with Crippen LogP contribution in [0.3, 0.4) is 0 Å². The SMILES string of the molecule is Cc1nc(-c2cccnc2)sc1C(=O)NC(C)c1ccccn1. The third-order valence-corrected chi connectivity index (χ3v) is 4.60. The molecular weight excluding hydrogens is 308 g/mol. The van der Waals surface area contributed by atoms with Crippen LogP contribution >= 0.6 is 11.3 Å². The highest BCUT2D eigenvalue weighted by Gasteiger charge is 2.18. The van der Waals surface area contributed by atoms with Gasteiger partial charge in [-0.1, -0.05) is 6.07 Å². The fraction of sp³-hybridized carbons (Fsp3) is 0.176. The second-order valence-electron chi connectivity index (χ2n) is 5.13. The minimum atomic E-state index is -0.160. The third kappa shape index (κ3) is 3.43. The van der Waals surface area contributed by atoms with Crippen LogP contribution in [0.4, 0.5) is 0 Å². The van der Waals surface area contributed by atoms with Crippen LogP contribution in [0.25, 0.3) is 10.6 Å². The van der Waals surface area contributed by atoms with Crippen LogP contribution in [0.5, 0.6) is 0 Å². The van der Waals surface area contributed by atoms with Gasteiger partial charge in [0.25, 0.3) is 5.91 Å². The predicted molar refractivity (Wildman–Crippen MR) is 90.2 cm³/mol. The van der Waals surface area contributed by atoms with Crippen molar-refractivity contribution in [1.29, 1.82) is 0 Å². The molecule has 6 heteroatoms. The molecule has 0 saturated carbocycles. The van der Waals surface area contributed by atoms with Gasteiger partial charge in [0.15, 0.2) is 0 Å². The largest absolute Gasteiger partial charge is 0.343 e. The van der Waals surface area contributed by atoms with E-state index < -0.39 is 0 Å². The van der Waals surface area contributed by atoms with E-state index in [4.69, 9.17) is 0 Å². The molecule has 3 aromatic heterocycles. The molecule has 23 heavy (non-hydrogen) atoms. The Morgan fingerprint density at radius 1 is 1.22 bits per heavy atom. The number of rotatable bonds is 4. The smallest absolute Gasteiger partial charge is 0.263 e. The summed E-state index contributed by atoms with van der Waals surface area (Å²) in [6, 6.07) is 9.28. The van der Waals surface area contributed by atoms with E-state index in [-0.39, 0.29) is 11.9 Å². The van der Waals surface area contributed by atoms with Gasteiger partial charge in [-0.15, -0.1) is 11.3 Å². The van der Waals surface area contributed by atoms with Crippen molar-refractivity contribution in [3.8, 4) is 10.6 Å². The molecule has 3 rings (SSSR count). The molecular formula is C17H16N4OS. The highest BCUT2D eigenvalue weighted by atomic mass is 32.1. The van der Waals surface area contributed by atoms with E-state index in [1.165, 1.54) is 11.3 Å². The average molecular weight is 324 g/mol. The Bertz CT molecular complexity index is 802. The Kier molecular flexibility index (Phi) is 4.43. The van der Waals surface area contributed by atoms with Crippen LogP contribution in [-0.2, 0) is 0 Å². The Labute approximate surface area is 138 Å². The maximum Gasteiger partial charge on any atom is 0.263 e. The molecule has 0 aliphatic carbocycles. The number of aryl methyl sites for hydroxylation is 1. The van der Waals surface area contributed by atoms with Crippen LogP contribution < -0.4 is 5.32 Å². The standard InChI is InChI=1S/C17H16N4OS/c1-11(14-7-3-4-9-19-14)20-16(22)15-12(2)21-17(23-15)13-6-5-8-18-10-13/h3-11H,1-2H3,(H,20,22). The molecule has 0 spiro atoms. The second kappa shape index (κ2) is 6.66. The van der Waals surface area contributed by atoms with Crippen molar-refractivity contribution in [2.24, 2.45) is 0 Å². The summed E-state index contributed by atoms with van der Waals surface area (Å²) in [4.78, 5) is 26.0. The predicted octanol–water partition coefficient (Wildman–Crippen LogP) is 3.40. The van der Waals surface area contributed by atoms with Crippen LogP contribution in [0.2, 0.25) is 0 Å². The minimum absolute atomic E-state index is 0.131. The lowest BCUT2D eigenvalue weighted by Gasteiger charge is -2.12. The number of thiazole rings is 1. The first-order valence-electron chi connectivity index (χ1n) is 7.25. The van der Waals surface area contributed by atoms with Crippen molar-refractivity contribution < 1.29 is 4.79 Å². The van der Waals surface area contributed by atoms with Gasteiger partial charge in [0.1, 0.15) is 9.88 Å². The minimum Gasteiger partial charge on any atom is -0.343 e. The summed E-state index contributed by atoms with van der Waals surface area (Å²) in [6.07, 6.45) is 5.18. The second-order valence-corrected chi connectivity index (χ2v) is 6.12. The highest BCUT2D eigenvalue weighted by molar-refractivity contribution is 7.17. The number of pyridine rings is 2. The van der Waals surface area contributed by atoms with Gasteiger partial charge < -0.3 is 5.32 Å². The lowest BCUT2D eigenvalue weighted by atomic mass is 10.2. The van der Waals surface area contributed by atoms with Gasteiger partial charge in [0.2, 0.25) is 0 Å². The van der Waals surface area contributed by atoms with E-state index in [1.807, 2.05) is 44.2 Å². The molecule has 1 unspecified atom stereocenters. The van der Waals surface area contributed by atoms with Crippen LogP contribution in [-0.4, -0.2) is 20.9 Å². The Morgan fingerprint density at radius 3 is 2.78 bits per heavy atom. The summed E-state index contributed by atoms with van der Waals surface area (Å²) in [7, 11) is 0. The van der Waals surface area contributed by atoms with Crippen molar-refractivity contribution in [1.82, 2.24) is 20.3 Å². The van der Waals surface area contributed by atoms with E-state index in [0.717, 1.165) is 22.0 Å². The molecule has 0 aliphatic rings. The molecule has 5 nitrogen and oxygen atoms in total. The normalized spacial score (nSPS) is 11.9. The molecule has 0 fully saturated rings. The van der Waals surface area contributed by atoms with E-state index in [2.05, 4.69) is 20.3 Å². The van der Waals surface area contributed by atoms with Crippen molar-refractivity contribution >= 4 is 17.2 Å². The first kappa shape index (κ1) is 15.3. The molecule has 1 N–H and O–H groups in total. The molecule has 1 amide bonds. The fourth-order valence-electron chi connectivity index (χ4n) is 2.19. The molecule has 0 aliphatic heterocycles. The molecule has 0 bridgehead atoms.